The molecule has 3 rings (SSSR count). The third-order valence-corrected chi connectivity index (χ3v) is 8.85. The number of halogens is 2. The molecule has 2 N–H and O–H groups in total. The number of rotatable bonds is 2. The van der Waals surface area contributed by atoms with E-state index in [0.717, 1.165) is 16.4 Å². The minimum Gasteiger partial charge on any atom is -0.465 e. The van der Waals surface area contributed by atoms with Gasteiger partial charge in [-0.2, -0.15) is 0 Å². The lowest BCUT2D eigenvalue weighted by Gasteiger charge is -2.41. The maximum Gasteiger partial charge on any atom is 0.410 e. The largest absolute Gasteiger partial charge is 0.465 e. The first-order valence-electron chi connectivity index (χ1n) is 8.26. The molecule has 1 amide bonds. The average Bonchev–Trinajstić information content (AvgIpc) is 3.30. The van der Waals surface area contributed by atoms with Crippen molar-refractivity contribution >= 4 is 44.2 Å². The van der Waals surface area contributed by atoms with Crippen LogP contribution in [0.25, 0.3) is 0 Å². The molecule has 1 aromatic rings. The van der Waals surface area contributed by atoms with Crippen molar-refractivity contribution in [1.29, 1.82) is 0 Å². The molecule has 1 heterocycles. The Kier molecular flexibility index (Phi) is 4.83. The normalized spacial score (nSPS) is 30.4. The van der Waals surface area contributed by atoms with Gasteiger partial charge >= 0.3 is 6.09 Å². The Morgan fingerprint density at radius 2 is 2.08 bits per heavy atom. The van der Waals surface area contributed by atoms with Gasteiger partial charge in [-0.3, -0.25) is 10.3 Å². The zero-order valence-electron chi connectivity index (χ0n) is 14.8. The molecule has 6 nitrogen and oxygen atoms in total. The molecule has 9 heteroatoms. The Morgan fingerprint density at radius 1 is 1.42 bits per heavy atom. The summed E-state index contributed by atoms with van der Waals surface area (Å²) in [5.41, 5.74) is -0.878. The van der Waals surface area contributed by atoms with Crippen molar-refractivity contribution in [2.45, 2.75) is 49.9 Å². The quantitative estimate of drug-likeness (QED) is 0.616. The van der Waals surface area contributed by atoms with Crippen molar-refractivity contribution in [3.63, 3.8) is 0 Å². The lowest BCUT2D eigenvalue weighted by Crippen LogP contribution is -2.57. The van der Waals surface area contributed by atoms with Crippen LogP contribution in [0.3, 0.4) is 0 Å². The number of amidine groups is 1. The van der Waals surface area contributed by atoms with Crippen LogP contribution in [0.4, 0.5) is 9.18 Å². The fourth-order valence-electron chi connectivity index (χ4n) is 3.04. The maximum atomic E-state index is 14.6. The predicted molar refractivity (Wildman–Crippen MR) is 108 cm³/mol. The lowest BCUT2D eigenvalue weighted by atomic mass is 9.93. The van der Waals surface area contributed by atoms with E-state index in [1.165, 1.54) is 6.07 Å². The molecule has 1 aliphatic carbocycles. The summed E-state index contributed by atoms with van der Waals surface area (Å²) in [5.74, 6) is -0.351. The smallest absolute Gasteiger partial charge is 0.410 e. The molecule has 1 aromatic carbocycles. The van der Waals surface area contributed by atoms with Gasteiger partial charge < -0.3 is 5.11 Å². The zero-order valence-corrected chi connectivity index (χ0v) is 17.7. The zero-order chi connectivity index (χ0) is 19.3. The van der Waals surface area contributed by atoms with Crippen LogP contribution in [0, 0.1) is 9.39 Å². The highest BCUT2D eigenvalue weighted by Crippen LogP contribution is 2.41. The molecular formula is C17H21FIN3O3S. The number of aliphatic imine (C=N–C) groups is 1. The average molecular weight is 493 g/mol. The first-order valence-corrected chi connectivity index (χ1v) is 11.0. The SMILES string of the molecule is CC1(C)C(NC(=O)O)=N[C@](C)(c2cc(I)ccc2F)CS1(=O)=NC1CC1. The third-order valence-electron chi connectivity index (χ3n) is 4.80. The van der Waals surface area contributed by atoms with Gasteiger partial charge in [0.1, 0.15) is 21.9 Å². The molecule has 1 fully saturated rings. The van der Waals surface area contributed by atoms with Gasteiger partial charge in [-0.05, 0) is 74.4 Å². The number of amides is 1. The third kappa shape index (κ3) is 3.47. The summed E-state index contributed by atoms with van der Waals surface area (Å²) in [6.07, 6.45) is 0.456. The molecule has 0 aromatic heterocycles. The number of hydrogen-bond donors (Lipinski definition) is 2. The fraction of sp³-hybridized carbons (Fsp3) is 0.529. The Morgan fingerprint density at radius 3 is 2.65 bits per heavy atom. The van der Waals surface area contributed by atoms with E-state index in [1.807, 2.05) is 0 Å². The number of hydrogen-bond acceptors (Lipinski definition) is 4. The van der Waals surface area contributed by atoms with Crippen molar-refractivity contribution in [3.8, 4) is 0 Å². The van der Waals surface area contributed by atoms with Gasteiger partial charge in [-0.15, -0.1) is 0 Å². The molecule has 0 spiro atoms. The van der Waals surface area contributed by atoms with Crippen molar-refractivity contribution in [1.82, 2.24) is 5.32 Å². The fourth-order valence-corrected chi connectivity index (χ4v) is 6.31. The molecule has 1 saturated carbocycles. The van der Waals surface area contributed by atoms with Crippen LogP contribution in [0.1, 0.15) is 39.2 Å². The van der Waals surface area contributed by atoms with Crippen LogP contribution in [-0.4, -0.2) is 37.8 Å². The molecule has 0 radical (unpaired) electrons. The van der Waals surface area contributed by atoms with Gasteiger partial charge in [0.2, 0.25) is 0 Å². The molecule has 1 unspecified atom stereocenters. The molecule has 142 valence electrons. The number of nitrogens with one attached hydrogen (secondary N) is 1. The van der Waals surface area contributed by atoms with Crippen molar-refractivity contribution in [2.24, 2.45) is 9.36 Å². The van der Waals surface area contributed by atoms with Gasteiger partial charge in [0.15, 0.2) is 0 Å². The summed E-state index contributed by atoms with van der Waals surface area (Å²) in [6, 6.07) is 4.67. The van der Waals surface area contributed by atoms with E-state index in [-0.39, 0.29) is 17.6 Å². The molecule has 0 bridgehead atoms. The van der Waals surface area contributed by atoms with Crippen molar-refractivity contribution in [2.75, 3.05) is 5.75 Å². The van der Waals surface area contributed by atoms with Crippen LogP contribution in [0.2, 0.25) is 0 Å². The number of carboxylic acid groups (broad SMARTS) is 1. The predicted octanol–water partition coefficient (Wildman–Crippen LogP) is 3.73. The van der Waals surface area contributed by atoms with Crippen LogP contribution < -0.4 is 5.32 Å². The topological polar surface area (TPSA) is 91.1 Å². The van der Waals surface area contributed by atoms with E-state index in [0.29, 0.717) is 5.56 Å². The lowest BCUT2D eigenvalue weighted by molar-refractivity contribution is 0.199. The standard InChI is InChI=1S/C17H21FIN3O3S/c1-16(2)14(20-15(23)24)21-17(3,9-26(16,25)22-11-5-6-11)12-8-10(19)4-7-13(12)18/h4,7-8,11H,5-6,9H2,1-3H3,(H,20,21)(H,23,24)/t17-,26?/m0/s1. The maximum absolute atomic E-state index is 14.6. The van der Waals surface area contributed by atoms with Crippen LogP contribution >= 0.6 is 22.6 Å². The summed E-state index contributed by atoms with van der Waals surface area (Å²) >= 11 is 2.08. The highest BCUT2D eigenvalue weighted by molar-refractivity contribution is 14.1. The summed E-state index contributed by atoms with van der Waals surface area (Å²) in [4.78, 5) is 15.8. The highest BCUT2D eigenvalue weighted by atomic mass is 127. The van der Waals surface area contributed by atoms with E-state index < -0.39 is 31.9 Å². The van der Waals surface area contributed by atoms with Gasteiger partial charge in [0, 0.05) is 9.13 Å². The van der Waals surface area contributed by atoms with Crippen LogP contribution in [-0.2, 0) is 15.3 Å². The van der Waals surface area contributed by atoms with Gasteiger partial charge in [-0.25, -0.2) is 17.8 Å². The minimum absolute atomic E-state index is 0.0240. The summed E-state index contributed by atoms with van der Waals surface area (Å²) in [7, 11) is -2.89. The van der Waals surface area contributed by atoms with E-state index in [9.17, 15) is 18.5 Å². The first kappa shape index (κ1) is 19.5. The molecule has 2 atom stereocenters. The van der Waals surface area contributed by atoms with Crippen LogP contribution in [0.5, 0.6) is 0 Å². The molecule has 26 heavy (non-hydrogen) atoms. The van der Waals surface area contributed by atoms with E-state index in [1.54, 1.807) is 32.9 Å². The first-order chi connectivity index (χ1) is 12.0. The minimum atomic E-state index is -2.89. The Balaban J connectivity index is 2.24. The summed E-state index contributed by atoms with van der Waals surface area (Å²) < 4.78 is 32.7. The second-order valence-electron chi connectivity index (χ2n) is 7.42. The van der Waals surface area contributed by atoms with E-state index in [2.05, 4.69) is 37.3 Å². The van der Waals surface area contributed by atoms with Gasteiger partial charge in [0.25, 0.3) is 0 Å². The Bertz CT molecular complexity index is 920. The number of carbonyl (C=O) groups is 1. The van der Waals surface area contributed by atoms with Crippen molar-refractivity contribution < 1.29 is 18.5 Å². The second-order valence-corrected chi connectivity index (χ2v) is 11.5. The number of nitrogens with zero attached hydrogens (tertiary/aromatic N) is 2. The van der Waals surface area contributed by atoms with Crippen molar-refractivity contribution in [3.05, 3.63) is 33.1 Å². The molecular weight excluding hydrogens is 472 g/mol. The van der Waals surface area contributed by atoms with E-state index >= 15 is 0 Å². The molecule has 0 saturated heterocycles. The molecule has 2 aliphatic rings. The monoisotopic (exact) mass is 493 g/mol. The van der Waals surface area contributed by atoms with Gasteiger partial charge in [-0.1, -0.05) is 0 Å². The summed E-state index contributed by atoms with van der Waals surface area (Å²) in [5, 5.41) is 11.5. The molecule has 1 aliphatic heterocycles. The Hall–Kier alpha value is -1.23. The van der Waals surface area contributed by atoms with Gasteiger partial charge in [0.05, 0.1) is 21.5 Å². The van der Waals surface area contributed by atoms with E-state index in [4.69, 9.17) is 0 Å². The number of benzene rings is 1. The highest BCUT2D eigenvalue weighted by Gasteiger charge is 2.50. The second kappa shape index (κ2) is 6.43. The van der Waals surface area contributed by atoms with Crippen LogP contribution in [0.15, 0.2) is 27.6 Å². The summed E-state index contributed by atoms with van der Waals surface area (Å²) in [6.45, 7) is 5.05. The Labute approximate surface area is 166 Å².